The molecule has 0 spiro atoms. The molecule has 6 nitrogen and oxygen atoms in total. The summed E-state index contributed by atoms with van der Waals surface area (Å²) in [5.41, 5.74) is 0.347. The van der Waals surface area contributed by atoms with Crippen LogP contribution in [0.2, 0.25) is 0 Å². The standard InChI is InChI=1S/C13H20N2O4S/c1-4-7-14-20(18,19)10-5-6-12(15-9(2)3)11(8-10)13(16)17/h5-6,8-9,14-15H,4,7H2,1-3H3,(H,16,17). The Bertz CT molecular complexity index is 582. The molecule has 7 heteroatoms. The molecule has 0 heterocycles. The molecule has 0 aliphatic rings. The number of anilines is 1. The number of sulfonamides is 1. The van der Waals surface area contributed by atoms with Gasteiger partial charge in [-0.15, -0.1) is 0 Å². The van der Waals surface area contributed by atoms with Crippen LogP contribution < -0.4 is 10.0 Å². The zero-order chi connectivity index (χ0) is 15.3. The van der Waals surface area contributed by atoms with E-state index in [9.17, 15) is 18.3 Å². The second kappa shape index (κ2) is 6.71. The Morgan fingerprint density at radius 2 is 2.00 bits per heavy atom. The van der Waals surface area contributed by atoms with Crippen LogP contribution in [0.3, 0.4) is 0 Å². The van der Waals surface area contributed by atoms with Crippen molar-refractivity contribution in [2.24, 2.45) is 0 Å². The average molecular weight is 300 g/mol. The van der Waals surface area contributed by atoms with Crippen LogP contribution in [0.5, 0.6) is 0 Å². The molecule has 0 aliphatic heterocycles. The maximum atomic E-state index is 12.0. The number of carbonyl (C=O) groups is 1. The summed E-state index contributed by atoms with van der Waals surface area (Å²) in [5, 5.41) is 12.2. The van der Waals surface area contributed by atoms with Crippen LogP contribution in [0.4, 0.5) is 5.69 Å². The molecule has 0 atom stereocenters. The SMILES string of the molecule is CCCNS(=O)(=O)c1ccc(NC(C)C)c(C(=O)O)c1. The van der Waals surface area contributed by atoms with Crippen LogP contribution in [0.1, 0.15) is 37.6 Å². The molecule has 0 radical (unpaired) electrons. The molecule has 0 amide bonds. The van der Waals surface area contributed by atoms with E-state index in [1.807, 2.05) is 20.8 Å². The van der Waals surface area contributed by atoms with Crippen molar-refractivity contribution in [2.75, 3.05) is 11.9 Å². The molecular formula is C13H20N2O4S. The number of hydrogen-bond donors (Lipinski definition) is 3. The molecule has 0 bridgehead atoms. The Balaban J connectivity index is 3.20. The highest BCUT2D eigenvalue weighted by molar-refractivity contribution is 7.89. The highest BCUT2D eigenvalue weighted by Gasteiger charge is 2.18. The van der Waals surface area contributed by atoms with E-state index in [0.29, 0.717) is 18.7 Å². The highest BCUT2D eigenvalue weighted by Crippen LogP contribution is 2.21. The topological polar surface area (TPSA) is 95.5 Å². The molecule has 0 saturated carbocycles. The van der Waals surface area contributed by atoms with E-state index in [4.69, 9.17) is 0 Å². The maximum absolute atomic E-state index is 12.0. The molecule has 0 saturated heterocycles. The van der Waals surface area contributed by atoms with Gasteiger partial charge in [-0.1, -0.05) is 6.92 Å². The lowest BCUT2D eigenvalue weighted by Gasteiger charge is -2.14. The fraction of sp³-hybridized carbons (Fsp3) is 0.462. The number of rotatable bonds is 7. The normalized spacial score (nSPS) is 11.6. The second-order valence-electron chi connectivity index (χ2n) is 4.71. The summed E-state index contributed by atoms with van der Waals surface area (Å²) >= 11 is 0. The van der Waals surface area contributed by atoms with Gasteiger partial charge in [0.05, 0.1) is 10.5 Å². The van der Waals surface area contributed by atoms with E-state index < -0.39 is 16.0 Å². The van der Waals surface area contributed by atoms with Crippen molar-refractivity contribution >= 4 is 21.7 Å². The lowest BCUT2D eigenvalue weighted by molar-refractivity contribution is 0.0697. The summed E-state index contributed by atoms with van der Waals surface area (Å²) in [6.07, 6.45) is 0.665. The van der Waals surface area contributed by atoms with Crippen LogP contribution in [-0.4, -0.2) is 32.1 Å². The van der Waals surface area contributed by atoms with Gasteiger partial charge in [-0.25, -0.2) is 17.9 Å². The molecule has 3 N–H and O–H groups in total. The fourth-order valence-electron chi connectivity index (χ4n) is 1.62. The average Bonchev–Trinajstić information content (AvgIpc) is 2.35. The minimum absolute atomic E-state index is 0.0438. The van der Waals surface area contributed by atoms with Gasteiger partial charge < -0.3 is 10.4 Å². The Morgan fingerprint density at radius 1 is 1.35 bits per heavy atom. The summed E-state index contributed by atoms with van der Waals surface area (Å²) in [4.78, 5) is 11.2. The number of carboxylic acids is 1. The summed E-state index contributed by atoms with van der Waals surface area (Å²) in [6.45, 7) is 5.91. The van der Waals surface area contributed by atoms with Crippen molar-refractivity contribution in [1.82, 2.24) is 4.72 Å². The monoisotopic (exact) mass is 300 g/mol. The van der Waals surface area contributed by atoms with Gasteiger partial charge in [0.2, 0.25) is 10.0 Å². The van der Waals surface area contributed by atoms with Crippen LogP contribution in [0.25, 0.3) is 0 Å². The smallest absolute Gasteiger partial charge is 0.337 e. The van der Waals surface area contributed by atoms with E-state index >= 15 is 0 Å². The van der Waals surface area contributed by atoms with E-state index in [1.165, 1.54) is 18.2 Å². The van der Waals surface area contributed by atoms with Crippen molar-refractivity contribution in [3.63, 3.8) is 0 Å². The zero-order valence-corrected chi connectivity index (χ0v) is 12.6. The van der Waals surface area contributed by atoms with Gasteiger partial charge >= 0.3 is 5.97 Å². The third kappa shape index (κ3) is 4.21. The van der Waals surface area contributed by atoms with Gasteiger partial charge in [0.15, 0.2) is 0 Å². The Kier molecular flexibility index (Phi) is 5.52. The van der Waals surface area contributed by atoms with Gasteiger partial charge in [-0.2, -0.15) is 0 Å². The Labute approximate surface area is 119 Å². The van der Waals surface area contributed by atoms with Crippen molar-refractivity contribution in [1.29, 1.82) is 0 Å². The van der Waals surface area contributed by atoms with Crippen LogP contribution in [0, 0.1) is 0 Å². The van der Waals surface area contributed by atoms with Crippen molar-refractivity contribution in [3.05, 3.63) is 23.8 Å². The fourth-order valence-corrected chi connectivity index (χ4v) is 2.78. The van der Waals surface area contributed by atoms with E-state index in [-0.39, 0.29) is 16.5 Å². The summed E-state index contributed by atoms with van der Waals surface area (Å²) in [5.74, 6) is -1.17. The molecular weight excluding hydrogens is 280 g/mol. The van der Waals surface area contributed by atoms with Crippen LogP contribution in [0.15, 0.2) is 23.1 Å². The second-order valence-corrected chi connectivity index (χ2v) is 6.48. The largest absolute Gasteiger partial charge is 0.478 e. The van der Waals surface area contributed by atoms with Crippen LogP contribution >= 0.6 is 0 Å². The minimum Gasteiger partial charge on any atom is -0.478 e. The van der Waals surface area contributed by atoms with E-state index in [1.54, 1.807) is 0 Å². The third-order valence-corrected chi connectivity index (χ3v) is 3.98. The molecule has 1 aromatic rings. The summed E-state index contributed by atoms with van der Waals surface area (Å²) < 4.78 is 26.4. The first-order valence-corrected chi connectivity index (χ1v) is 7.89. The summed E-state index contributed by atoms with van der Waals surface area (Å²) in [7, 11) is -3.66. The predicted molar refractivity (Wildman–Crippen MR) is 77.6 cm³/mol. The van der Waals surface area contributed by atoms with Gasteiger partial charge in [0.1, 0.15) is 0 Å². The Hall–Kier alpha value is -1.60. The minimum atomic E-state index is -3.66. The summed E-state index contributed by atoms with van der Waals surface area (Å²) in [6, 6.07) is 4.10. The molecule has 0 unspecified atom stereocenters. The first-order valence-electron chi connectivity index (χ1n) is 6.41. The molecule has 112 valence electrons. The van der Waals surface area contributed by atoms with Crippen molar-refractivity contribution in [3.8, 4) is 0 Å². The molecule has 0 fully saturated rings. The molecule has 0 aromatic heterocycles. The van der Waals surface area contributed by atoms with Gasteiger partial charge in [0.25, 0.3) is 0 Å². The number of nitrogens with one attached hydrogen (secondary N) is 2. The van der Waals surface area contributed by atoms with Gasteiger partial charge in [0, 0.05) is 18.3 Å². The Morgan fingerprint density at radius 3 is 2.50 bits per heavy atom. The predicted octanol–water partition coefficient (Wildman–Crippen LogP) is 1.89. The molecule has 0 aliphatic carbocycles. The van der Waals surface area contributed by atoms with E-state index in [2.05, 4.69) is 10.0 Å². The lowest BCUT2D eigenvalue weighted by atomic mass is 10.1. The first kappa shape index (κ1) is 16.5. The number of benzene rings is 1. The molecule has 1 aromatic carbocycles. The maximum Gasteiger partial charge on any atom is 0.337 e. The van der Waals surface area contributed by atoms with Gasteiger partial charge in [-0.05, 0) is 38.5 Å². The highest BCUT2D eigenvalue weighted by atomic mass is 32.2. The van der Waals surface area contributed by atoms with Crippen molar-refractivity contribution in [2.45, 2.75) is 38.1 Å². The quantitative estimate of drug-likeness (QED) is 0.714. The third-order valence-electron chi connectivity index (χ3n) is 2.52. The first-order chi connectivity index (χ1) is 9.27. The zero-order valence-electron chi connectivity index (χ0n) is 11.8. The van der Waals surface area contributed by atoms with E-state index in [0.717, 1.165) is 0 Å². The number of carboxylic acid groups (broad SMARTS) is 1. The van der Waals surface area contributed by atoms with Crippen LogP contribution in [-0.2, 0) is 10.0 Å². The molecule has 20 heavy (non-hydrogen) atoms. The molecule has 1 rings (SSSR count). The van der Waals surface area contributed by atoms with Gasteiger partial charge in [-0.3, -0.25) is 0 Å². The van der Waals surface area contributed by atoms with Crippen molar-refractivity contribution < 1.29 is 18.3 Å². The lowest BCUT2D eigenvalue weighted by Crippen LogP contribution is -2.25. The number of aromatic carboxylic acids is 1. The number of hydrogen-bond acceptors (Lipinski definition) is 4.